The van der Waals surface area contributed by atoms with E-state index in [1.54, 1.807) is 11.8 Å². The number of nitrogens with one attached hydrogen (secondary N) is 1. The van der Waals surface area contributed by atoms with Crippen molar-refractivity contribution in [1.82, 2.24) is 5.32 Å². The van der Waals surface area contributed by atoms with E-state index in [1.165, 1.54) is 18.4 Å². The molecule has 0 unspecified atom stereocenters. The maximum Gasteiger partial charge on any atom is 0.167 e. The standard InChI is InChI=1S/C20H23NOS/c1-23-19-6-2-4-17(13-19)20(22)12-15-7-9-16(10-8-15)18-5-3-11-21-14-18/h2,4,6-10,13,18,21H,3,5,11-12,14H2,1H3/t18-/m1/s1. The molecule has 2 aromatic carbocycles. The van der Waals surface area contributed by atoms with E-state index >= 15 is 0 Å². The molecule has 3 heteroatoms. The van der Waals surface area contributed by atoms with Gasteiger partial charge in [0.15, 0.2) is 5.78 Å². The van der Waals surface area contributed by atoms with Crippen LogP contribution in [0.5, 0.6) is 0 Å². The third-order valence-corrected chi connectivity index (χ3v) is 5.23. The summed E-state index contributed by atoms with van der Waals surface area (Å²) in [5, 5.41) is 3.46. The lowest BCUT2D eigenvalue weighted by Gasteiger charge is -2.23. The summed E-state index contributed by atoms with van der Waals surface area (Å²) >= 11 is 1.67. The van der Waals surface area contributed by atoms with Crippen molar-refractivity contribution in [3.8, 4) is 0 Å². The molecule has 0 radical (unpaired) electrons. The molecule has 0 amide bonds. The van der Waals surface area contributed by atoms with Gasteiger partial charge < -0.3 is 5.32 Å². The molecule has 0 bridgehead atoms. The van der Waals surface area contributed by atoms with Crippen molar-refractivity contribution in [2.45, 2.75) is 30.1 Å². The van der Waals surface area contributed by atoms with Crippen LogP contribution >= 0.6 is 11.8 Å². The molecule has 0 aliphatic carbocycles. The minimum absolute atomic E-state index is 0.188. The fourth-order valence-electron chi connectivity index (χ4n) is 3.13. The zero-order valence-electron chi connectivity index (χ0n) is 13.5. The highest BCUT2D eigenvalue weighted by atomic mass is 32.2. The number of hydrogen-bond donors (Lipinski definition) is 1. The van der Waals surface area contributed by atoms with Crippen molar-refractivity contribution < 1.29 is 4.79 Å². The van der Waals surface area contributed by atoms with Crippen molar-refractivity contribution >= 4 is 17.5 Å². The van der Waals surface area contributed by atoms with Crippen molar-refractivity contribution in [3.05, 3.63) is 65.2 Å². The molecule has 0 saturated carbocycles. The van der Waals surface area contributed by atoms with Crippen LogP contribution in [0.3, 0.4) is 0 Å². The summed E-state index contributed by atoms with van der Waals surface area (Å²) in [5.74, 6) is 0.805. The molecule has 1 atom stereocenters. The van der Waals surface area contributed by atoms with Gasteiger partial charge in [0.05, 0.1) is 0 Å². The average molecular weight is 325 g/mol. The van der Waals surface area contributed by atoms with Crippen LogP contribution in [-0.4, -0.2) is 25.1 Å². The third-order valence-electron chi connectivity index (χ3n) is 4.50. The van der Waals surface area contributed by atoms with Gasteiger partial charge in [-0.15, -0.1) is 11.8 Å². The molecule has 1 fully saturated rings. The first kappa shape index (κ1) is 16.3. The number of ketones is 1. The maximum absolute atomic E-state index is 12.4. The zero-order valence-corrected chi connectivity index (χ0v) is 14.4. The van der Waals surface area contributed by atoms with Gasteiger partial charge in [-0.2, -0.15) is 0 Å². The second-order valence-corrected chi connectivity index (χ2v) is 7.00. The van der Waals surface area contributed by atoms with Crippen LogP contribution in [0.4, 0.5) is 0 Å². The van der Waals surface area contributed by atoms with E-state index in [4.69, 9.17) is 0 Å². The Morgan fingerprint density at radius 3 is 2.74 bits per heavy atom. The summed E-state index contributed by atoms with van der Waals surface area (Å²) in [7, 11) is 0. The van der Waals surface area contributed by atoms with Crippen molar-refractivity contribution in [2.75, 3.05) is 19.3 Å². The van der Waals surface area contributed by atoms with Crippen molar-refractivity contribution in [1.29, 1.82) is 0 Å². The van der Waals surface area contributed by atoms with Gasteiger partial charge in [-0.3, -0.25) is 4.79 Å². The lowest BCUT2D eigenvalue weighted by molar-refractivity contribution is 0.0993. The van der Waals surface area contributed by atoms with Gasteiger partial charge in [-0.05, 0) is 54.8 Å². The van der Waals surface area contributed by atoms with Crippen molar-refractivity contribution in [3.63, 3.8) is 0 Å². The summed E-state index contributed by atoms with van der Waals surface area (Å²) in [5.41, 5.74) is 3.28. The largest absolute Gasteiger partial charge is 0.316 e. The lowest BCUT2D eigenvalue weighted by atomic mass is 9.90. The SMILES string of the molecule is CSc1cccc(C(=O)Cc2ccc([C@@H]3CCCNC3)cc2)c1. The Hall–Kier alpha value is -1.58. The third kappa shape index (κ3) is 4.24. The highest BCUT2D eigenvalue weighted by molar-refractivity contribution is 7.98. The van der Waals surface area contributed by atoms with Gasteiger partial charge >= 0.3 is 0 Å². The minimum Gasteiger partial charge on any atom is -0.316 e. The van der Waals surface area contributed by atoms with Crippen LogP contribution in [-0.2, 0) is 6.42 Å². The van der Waals surface area contributed by atoms with Crippen LogP contribution < -0.4 is 5.32 Å². The molecule has 0 aromatic heterocycles. The number of benzene rings is 2. The smallest absolute Gasteiger partial charge is 0.167 e. The molecule has 23 heavy (non-hydrogen) atoms. The van der Waals surface area contributed by atoms with E-state index in [1.807, 2.05) is 30.5 Å². The highest BCUT2D eigenvalue weighted by Gasteiger charge is 2.15. The number of carbonyl (C=O) groups is 1. The molecule has 1 N–H and O–H groups in total. The monoisotopic (exact) mass is 325 g/mol. The molecule has 3 rings (SSSR count). The molecule has 1 aliphatic heterocycles. The fourth-order valence-corrected chi connectivity index (χ4v) is 3.59. The van der Waals surface area contributed by atoms with E-state index in [0.29, 0.717) is 12.3 Å². The summed E-state index contributed by atoms with van der Waals surface area (Å²) in [4.78, 5) is 13.6. The topological polar surface area (TPSA) is 29.1 Å². The predicted octanol–water partition coefficient (Wildman–Crippen LogP) is 4.30. The molecule has 120 valence electrons. The normalized spacial score (nSPS) is 17.9. The molecule has 1 heterocycles. The van der Waals surface area contributed by atoms with Crippen molar-refractivity contribution in [2.24, 2.45) is 0 Å². The van der Waals surface area contributed by atoms with E-state index in [0.717, 1.165) is 29.1 Å². The van der Waals surface area contributed by atoms with E-state index in [2.05, 4.69) is 29.6 Å². The summed E-state index contributed by atoms with van der Waals surface area (Å²) in [6.45, 7) is 2.21. The summed E-state index contributed by atoms with van der Waals surface area (Å²) in [6.07, 6.45) is 5.01. The second-order valence-electron chi connectivity index (χ2n) is 6.12. The van der Waals surface area contributed by atoms with Gasteiger partial charge in [0, 0.05) is 23.4 Å². The van der Waals surface area contributed by atoms with E-state index in [-0.39, 0.29) is 5.78 Å². The number of hydrogen-bond acceptors (Lipinski definition) is 3. The van der Waals surface area contributed by atoms with Crippen LogP contribution in [0, 0.1) is 0 Å². The van der Waals surface area contributed by atoms with Gasteiger partial charge in [-0.1, -0.05) is 36.4 Å². The van der Waals surface area contributed by atoms with E-state index < -0.39 is 0 Å². The van der Waals surface area contributed by atoms with E-state index in [9.17, 15) is 4.79 Å². The van der Waals surface area contributed by atoms with Gasteiger partial charge in [-0.25, -0.2) is 0 Å². The minimum atomic E-state index is 0.188. The Bertz CT molecular complexity index is 660. The maximum atomic E-state index is 12.4. The number of piperidine rings is 1. The zero-order chi connectivity index (χ0) is 16.1. The van der Waals surface area contributed by atoms with Crippen LogP contribution in [0.2, 0.25) is 0 Å². The average Bonchev–Trinajstić information content (AvgIpc) is 2.63. The summed E-state index contributed by atoms with van der Waals surface area (Å²) < 4.78 is 0. The van der Waals surface area contributed by atoms with Crippen LogP contribution in [0.25, 0.3) is 0 Å². The predicted molar refractivity (Wildman–Crippen MR) is 97.5 cm³/mol. The number of Topliss-reactive ketones (excluding diaryl/α,β-unsaturated/α-hetero) is 1. The van der Waals surface area contributed by atoms with Crippen LogP contribution in [0.15, 0.2) is 53.4 Å². The molecule has 0 spiro atoms. The van der Waals surface area contributed by atoms with Crippen LogP contribution in [0.1, 0.15) is 40.2 Å². The van der Waals surface area contributed by atoms with Gasteiger partial charge in [0.2, 0.25) is 0 Å². The first-order valence-electron chi connectivity index (χ1n) is 8.23. The molecule has 1 aliphatic rings. The Labute approximate surface area is 142 Å². The lowest BCUT2D eigenvalue weighted by Crippen LogP contribution is -2.28. The quantitative estimate of drug-likeness (QED) is 0.656. The Morgan fingerprint density at radius 1 is 1.22 bits per heavy atom. The molecular formula is C20H23NOS. The molecule has 1 saturated heterocycles. The first-order valence-corrected chi connectivity index (χ1v) is 9.45. The summed E-state index contributed by atoms with van der Waals surface area (Å²) in [6, 6.07) is 16.5. The molecule has 2 nitrogen and oxygen atoms in total. The fraction of sp³-hybridized carbons (Fsp3) is 0.350. The number of carbonyl (C=O) groups excluding carboxylic acids is 1. The Morgan fingerprint density at radius 2 is 2.04 bits per heavy atom. The highest BCUT2D eigenvalue weighted by Crippen LogP contribution is 2.24. The van der Waals surface area contributed by atoms with Gasteiger partial charge in [0.1, 0.15) is 0 Å². The second kappa shape index (κ2) is 7.80. The van der Waals surface area contributed by atoms with Gasteiger partial charge in [0.25, 0.3) is 0 Å². The first-order chi connectivity index (χ1) is 11.3. The Balaban J connectivity index is 1.66. The molecular weight excluding hydrogens is 302 g/mol. The number of thioether (sulfide) groups is 1. The molecule has 2 aromatic rings. The Kier molecular flexibility index (Phi) is 5.52. The number of rotatable bonds is 5.